The normalized spacial score (nSPS) is 13.5. The highest BCUT2D eigenvalue weighted by molar-refractivity contribution is 5.45. The molecule has 0 bridgehead atoms. The summed E-state index contributed by atoms with van der Waals surface area (Å²) < 4.78 is 24.8. The molecule has 2 atom stereocenters. The summed E-state index contributed by atoms with van der Waals surface area (Å²) in [7, 11) is 0. The quantitative estimate of drug-likeness (QED) is 0.258. The first kappa shape index (κ1) is 22.9. The zero-order valence-corrected chi connectivity index (χ0v) is 20.6. The third-order valence-corrected chi connectivity index (χ3v) is 6.38. The minimum absolute atomic E-state index is 0.0978. The van der Waals surface area contributed by atoms with Crippen LogP contribution in [0.1, 0.15) is 48.4 Å². The molecule has 5 aromatic rings. The number of hydrogen-bond donors (Lipinski definition) is 0. The lowest BCUT2D eigenvalue weighted by Crippen LogP contribution is -2.38. The molecule has 0 saturated heterocycles. The molecule has 0 fully saturated rings. The van der Waals surface area contributed by atoms with Crippen LogP contribution in [0, 0.1) is 20.8 Å². The van der Waals surface area contributed by atoms with Crippen LogP contribution in [-0.4, -0.2) is 30.7 Å². The van der Waals surface area contributed by atoms with Crippen molar-refractivity contribution in [2.45, 2.75) is 59.8 Å². The average Bonchev–Trinajstić information content (AvgIpc) is 3.65. The molecule has 9 heteroatoms. The average molecular weight is 476 g/mol. The maximum atomic E-state index is 5.92. The van der Waals surface area contributed by atoms with Crippen LogP contribution in [0.4, 0.5) is 0 Å². The van der Waals surface area contributed by atoms with Gasteiger partial charge in [-0.2, -0.15) is 5.10 Å². The van der Waals surface area contributed by atoms with Crippen LogP contribution in [-0.2, 0) is 13.1 Å². The van der Waals surface area contributed by atoms with Gasteiger partial charge in [0.2, 0.25) is 0 Å². The fraction of sp³-hybridized carbons (Fsp3) is 0.346. The van der Waals surface area contributed by atoms with Crippen LogP contribution in [0.25, 0.3) is 23.3 Å². The van der Waals surface area contributed by atoms with Crippen molar-refractivity contribution in [2.24, 2.45) is 0 Å². The molecular weight excluding hydrogens is 446 g/mol. The van der Waals surface area contributed by atoms with Gasteiger partial charge in [-0.25, -0.2) is 9.97 Å². The summed E-state index contributed by atoms with van der Waals surface area (Å²) in [5.74, 6) is 3.67. The Morgan fingerprint density at radius 1 is 0.857 bits per heavy atom. The van der Waals surface area contributed by atoms with Gasteiger partial charge >= 0.3 is 0 Å². The molecule has 0 radical (unpaired) electrons. The van der Waals surface area contributed by atoms with Crippen LogP contribution in [0.2, 0.25) is 0 Å². The summed E-state index contributed by atoms with van der Waals surface area (Å²) >= 11 is 0. The van der Waals surface area contributed by atoms with E-state index in [1.54, 1.807) is 12.5 Å². The molecule has 5 aromatic heterocycles. The largest absolute Gasteiger partial charge is 0.459 e. The van der Waals surface area contributed by atoms with E-state index in [0.29, 0.717) is 36.4 Å². The maximum absolute atomic E-state index is 5.92. The van der Waals surface area contributed by atoms with E-state index in [4.69, 9.17) is 27.6 Å². The number of nitrogens with zero attached hydrogens (tertiary/aromatic N) is 5. The number of rotatable bonds is 9. The van der Waals surface area contributed by atoms with Crippen molar-refractivity contribution in [3.8, 4) is 23.3 Å². The summed E-state index contributed by atoms with van der Waals surface area (Å²) in [4.78, 5) is 11.8. The van der Waals surface area contributed by atoms with Crippen molar-refractivity contribution in [3.05, 3.63) is 77.7 Å². The number of aromatic nitrogens is 4. The molecule has 0 saturated carbocycles. The highest BCUT2D eigenvalue weighted by atomic mass is 16.4. The van der Waals surface area contributed by atoms with E-state index in [1.807, 2.05) is 55.9 Å². The fourth-order valence-corrected chi connectivity index (χ4v) is 4.07. The van der Waals surface area contributed by atoms with Gasteiger partial charge in [-0.15, -0.1) is 0 Å². The van der Waals surface area contributed by atoms with E-state index in [2.05, 4.69) is 30.0 Å². The topological polar surface area (TPSA) is 99.4 Å². The Labute approximate surface area is 203 Å². The van der Waals surface area contributed by atoms with Gasteiger partial charge in [-0.3, -0.25) is 9.58 Å². The fourth-order valence-electron chi connectivity index (χ4n) is 4.07. The highest BCUT2D eigenvalue weighted by Gasteiger charge is 2.27. The summed E-state index contributed by atoms with van der Waals surface area (Å²) in [5.41, 5.74) is 2.82. The molecule has 9 nitrogen and oxygen atoms in total. The van der Waals surface area contributed by atoms with Crippen LogP contribution in [0.15, 0.2) is 66.9 Å². The molecule has 5 rings (SSSR count). The zero-order valence-electron chi connectivity index (χ0n) is 20.6. The molecule has 0 aliphatic heterocycles. The highest BCUT2D eigenvalue weighted by Crippen LogP contribution is 2.28. The Kier molecular flexibility index (Phi) is 6.17. The molecule has 0 amide bonds. The second-order valence-electron chi connectivity index (χ2n) is 8.88. The predicted octanol–water partition coefficient (Wildman–Crippen LogP) is 5.96. The van der Waals surface area contributed by atoms with Crippen molar-refractivity contribution in [1.82, 2.24) is 24.6 Å². The number of furan rings is 2. The minimum atomic E-state index is 0.0978. The molecule has 0 aromatic carbocycles. The first-order chi connectivity index (χ1) is 16.9. The molecule has 0 N–H and O–H groups in total. The second-order valence-corrected chi connectivity index (χ2v) is 8.88. The Hall–Kier alpha value is -3.85. The van der Waals surface area contributed by atoms with Crippen molar-refractivity contribution in [3.63, 3.8) is 0 Å². The van der Waals surface area contributed by atoms with Crippen molar-refractivity contribution >= 4 is 0 Å². The monoisotopic (exact) mass is 475 g/mol. The van der Waals surface area contributed by atoms with Gasteiger partial charge in [0.25, 0.3) is 11.8 Å². The molecule has 35 heavy (non-hydrogen) atoms. The smallest absolute Gasteiger partial charge is 0.263 e. The Morgan fingerprint density at radius 3 is 1.83 bits per heavy atom. The minimum Gasteiger partial charge on any atom is -0.459 e. The molecular formula is C26H29N5O4. The second kappa shape index (κ2) is 9.42. The van der Waals surface area contributed by atoms with Gasteiger partial charge < -0.3 is 17.7 Å². The first-order valence-electron chi connectivity index (χ1n) is 11.6. The molecule has 0 aliphatic rings. The van der Waals surface area contributed by atoms with E-state index >= 15 is 0 Å². The predicted molar refractivity (Wildman–Crippen MR) is 128 cm³/mol. The van der Waals surface area contributed by atoms with E-state index in [9.17, 15) is 0 Å². The molecule has 182 valence electrons. The molecule has 2 unspecified atom stereocenters. The SMILES string of the molecule is Cc1cnn(C(C)C(C)N(Cc2nc(-c3ccco3)oc2C)Cc2nc(-c3ccco3)oc2C)c1. The number of aryl methyl sites for hydroxylation is 3. The van der Waals surface area contributed by atoms with Crippen molar-refractivity contribution in [1.29, 1.82) is 0 Å². The molecule has 0 spiro atoms. The zero-order chi connectivity index (χ0) is 24.5. The van der Waals surface area contributed by atoms with Gasteiger partial charge in [-0.1, -0.05) is 0 Å². The van der Waals surface area contributed by atoms with Crippen molar-refractivity contribution < 1.29 is 17.7 Å². The van der Waals surface area contributed by atoms with Gasteiger partial charge in [0.15, 0.2) is 11.5 Å². The lowest BCUT2D eigenvalue weighted by Gasteiger charge is -2.32. The van der Waals surface area contributed by atoms with Gasteiger partial charge in [0.1, 0.15) is 11.5 Å². The van der Waals surface area contributed by atoms with E-state index in [-0.39, 0.29) is 12.1 Å². The summed E-state index contributed by atoms with van der Waals surface area (Å²) in [6.07, 6.45) is 7.16. The summed E-state index contributed by atoms with van der Waals surface area (Å²) in [5, 5.41) is 4.54. The van der Waals surface area contributed by atoms with Crippen molar-refractivity contribution in [2.75, 3.05) is 0 Å². The van der Waals surface area contributed by atoms with Crippen LogP contribution >= 0.6 is 0 Å². The van der Waals surface area contributed by atoms with Crippen LogP contribution in [0.5, 0.6) is 0 Å². The lowest BCUT2D eigenvalue weighted by atomic mass is 10.1. The lowest BCUT2D eigenvalue weighted by molar-refractivity contribution is 0.137. The first-order valence-corrected chi connectivity index (χ1v) is 11.6. The Bertz CT molecular complexity index is 1300. The van der Waals surface area contributed by atoms with E-state index < -0.39 is 0 Å². The third kappa shape index (κ3) is 4.72. The Balaban J connectivity index is 1.45. The van der Waals surface area contributed by atoms with Gasteiger partial charge in [0, 0.05) is 25.3 Å². The van der Waals surface area contributed by atoms with Crippen LogP contribution < -0.4 is 0 Å². The Morgan fingerprint density at radius 2 is 1.40 bits per heavy atom. The summed E-state index contributed by atoms with van der Waals surface area (Å²) in [6.45, 7) is 11.4. The molecule has 0 aliphatic carbocycles. The van der Waals surface area contributed by atoms with Crippen LogP contribution in [0.3, 0.4) is 0 Å². The van der Waals surface area contributed by atoms with Gasteiger partial charge in [-0.05, 0) is 64.4 Å². The third-order valence-electron chi connectivity index (χ3n) is 6.38. The summed E-state index contributed by atoms with van der Waals surface area (Å²) in [6, 6.07) is 7.53. The van der Waals surface area contributed by atoms with E-state index in [0.717, 1.165) is 28.5 Å². The maximum Gasteiger partial charge on any atom is 0.263 e. The van der Waals surface area contributed by atoms with E-state index in [1.165, 1.54) is 0 Å². The number of hydrogen-bond acceptors (Lipinski definition) is 8. The number of oxazole rings is 2. The molecule has 5 heterocycles. The standard InChI is InChI=1S/C26H29N5O4/c1-16-12-27-31(13-16)18(3)17(2)30(14-21-19(4)34-25(28-21)23-8-6-10-32-23)15-22-20(5)35-26(29-22)24-9-7-11-33-24/h6-13,17-18H,14-15H2,1-5H3. The van der Waals surface area contributed by atoms with Gasteiger partial charge in [0.05, 0.1) is 36.2 Å².